The largest absolute Gasteiger partial charge is 0.481 e. The summed E-state index contributed by atoms with van der Waals surface area (Å²) in [5.41, 5.74) is -0.316. The Kier molecular flexibility index (Phi) is 7.58. The van der Waals surface area contributed by atoms with Gasteiger partial charge in [0.2, 0.25) is 5.91 Å². The molecule has 0 aliphatic heterocycles. The molecule has 0 aromatic heterocycles. The highest BCUT2D eigenvalue weighted by atomic mass is 35.5. The fourth-order valence-corrected chi connectivity index (χ4v) is 3.07. The van der Waals surface area contributed by atoms with E-state index in [-0.39, 0.29) is 23.7 Å². The lowest BCUT2D eigenvalue weighted by molar-refractivity contribution is -0.178. The van der Waals surface area contributed by atoms with E-state index in [1.54, 1.807) is 6.07 Å². The molecule has 11 heteroatoms. The first kappa shape index (κ1) is 24.5. The van der Waals surface area contributed by atoms with E-state index >= 15 is 0 Å². The first-order chi connectivity index (χ1) is 14.4. The van der Waals surface area contributed by atoms with Crippen molar-refractivity contribution in [1.82, 2.24) is 5.32 Å². The maximum atomic E-state index is 13.2. The van der Waals surface area contributed by atoms with Crippen LogP contribution in [0.5, 0.6) is 0 Å². The molecule has 0 unspecified atom stereocenters. The van der Waals surface area contributed by atoms with Crippen LogP contribution in [0.1, 0.15) is 25.3 Å². The number of carbonyl (C=O) groups excluding carboxylic acids is 2. The highest BCUT2D eigenvalue weighted by Crippen LogP contribution is 2.49. The number of carboxylic acid groups (broad SMARTS) is 1. The van der Waals surface area contributed by atoms with Gasteiger partial charge in [-0.3, -0.25) is 9.59 Å². The second kappa shape index (κ2) is 9.59. The fraction of sp³-hybridized carbons (Fsp3) is 0.450. The molecule has 1 aromatic rings. The maximum absolute atomic E-state index is 13.2. The zero-order chi connectivity index (χ0) is 23.4. The molecule has 170 valence electrons. The zero-order valence-electron chi connectivity index (χ0n) is 16.6. The molecule has 3 N–H and O–H groups in total. The van der Waals surface area contributed by atoms with Crippen molar-refractivity contribution < 1.29 is 37.4 Å². The summed E-state index contributed by atoms with van der Waals surface area (Å²) < 4.78 is 44.3. The molecule has 0 heterocycles. The van der Waals surface area contributed by atoms with Crippen molar-refractivity contribution in [3.05, 3.63) is 41.4 Å². The molecule has 31 heavy (non-hydrogen) atoms. The Morgan fingerprint density at radius 3 is 2.52 bits per heavy atom. The number of alkyl carbamates (subject to hydrolysis) is 1. The number of rotatable bonds is 9. The lowest BCUT2D eigenvalue weighted by Crippen LogP contribution is -2.52. The maximum Gasteiger partial charge on any atom is 0.408 e. The number of hydrogen-bond donors (Lipinski definition) is 3. The molecule has 1 aliphatic rings. The number of anilines is 1. The third kappa shape index (κ3) is 6.36. The summed E-state index contributed by atoms with van der Waals surface area (Å²) >= 11 is 6.06. The molecule has 0 saturated heterocycles. The van der Waals surface area contributed by atoms with Gasteiger partial charge in [0.25, 0.3) is 0 Å². The number of nitrogens with one attached hydrogen (secondary N) is 2. The molecular weight excluding hydrogens is 441 g/mol. The lowest BCUT2D eigenvalue weighted by atomic mass is 9.96. The van der Waals surface area contributed by atoms with E-state index in [1.165, 1.54) is 18.2 Å². The van der Waals surface area contributed by atoms with Gasteiger partial charge in [0, 0.05) is 0 Å². The predicted molar refractivity (Wildman–Crippen MR) is 107 cm³/mol. The quantitative estimate of drug-likeness (QED) is 0.478. The molecule has 1 saturated carbocycles. The Hall–Kier alpha value is -2.75. The molecule has 2 rings (SSSR count). The molecule has 0 radical (unpaired) electrons. The van der Waals surface area contributed by atoms with E-state index in [0.29, 0.717) is 18.4 Å². The third-order valence-electron chi connectivity index (χ3n) is 5.04. The smallest absolute Gasteiger partial charge is 0.408 e. The molecule has 2 atom stereocenters. The number of alkyl halides is 3. The molecule has 2 amide bonds. The minimum absolute atomic E-state index is 0.00555. The summed E-state index contributed by atoms with van der Waals surface area (Å²) in [5.74, 6) is -4.32. The van der Waals surface area contributed by atoms with Crippen molar-refractivity contribution in [2.75, 3.05) is 11.9 Å². The SMILES string of the molecule is C=CCOC(=O)N[C@H](C(=O)Nc1cc(CC2(C(=O)O)CC2)ccc1Cl)[C@@H](C)C(F)(F)F. The van der Waals surface area contributed by atoms with E-state index in [1.807, 2.05) is 5.32 Å². The second-order valence-electron chi connectivity index (χ2n) is 7.41. The number of benzene rings is 1. The highest BCUT2D eigenvalue weighted by Gasteiger charge is 2.50. The van der Waals surface area contributed by atoms with Crippen LogP contribution in [0.3, 0.4) is 0 Å². The Morgan fingerprint density at radius 2 is 2.00 bits per heavy atom. The Labute approximate surface area is 181 Å². The summed E-state index contributed by atoms with van der Waals surface area (Å²) in [7, 11) is 0. The number of carbonyl (C=O) groups is 3. The Balaban J connectivity index is 2.21. The van der Waals surface area contributed by atoms with Crippen LogP contribution in [0.2, 0.25) is 5.02 Å². The minimum Gasteiger partial charge on any atom is -0.481 e. The number of halogens is 4. The van der Waals surface area contributed by atoms with Crippen molar-refractivity contribution in [3.8, 4) is 0 Å². The molecule has 1 fully saturated rings. The number of hydrogen-bond acceptors (Lipinski definition) is 4. The van der Waals surface area contributed by atoms with Crippen molar-refractivity contribution in [2.45, 2.75) is 38.4 Å². The Morgan fingerprint density at radius 1 is 1.35 bits per heavy atom. The van der Waals surface area contributed by atoms with Gasteiger partial charge in [0.15, 0.2) is 0 Å². The fourth-order valence-electron chi connectivity index (χ4n) is 2.91. The van der Waals surface area contributed by atoms with E-state index in [0.717, 1.165) is 6.92 Å². The first-order valence-corrected chi connectivity index (χ1v) is 9.71. The van der Waals surface area contributed by atoms with Crippen LogP contribution in [-0.4, -0.2) is 41.9 Å². The van der Waals surface area contributed by atoms with Crippen molar-refractivity contribution >= 4 is 35.3 Å². The number of amides is 2. The van der Waals surface area contributed by atoms with Crippen LogP contribution in [0.15, 0.2) is 30.9 Å². The van der Waals surface area contributed by atoms with Crippen molar-refractivity contribution in [3.63, 3.8) is 0 Å². The number of ether oxygens (including phenoxy) is 1. The number of aliphatic carboxylic acids is 1. The van der Waals surface area contributed by atoms with Gasteiger partial charge in [-0.15, -0.1) is 0 Å². The van der Waals surface area contributed by atoms with Gasteiger partial charge in [-0.2, -0.15) is 13.2 Å². The summed E-state index contributed by atoms with van der Waals surface area (Å²) in [6.07, 6.45) is -3.57. The van der Waals surface area contributed by atoms with E-state index in [4.69, 9.17) is 11.6 Å². The molecule has 1 aromatic carbocycles. The van der Waals surface area contributed by atoms with Crippen LogP contribution in [0.4, 0.5) is 23.7 Å². The van der Waals surface area contributed by atoms with Crippen LogP contribution in [0.25, 0.3) is 0 Å². The van der Waals surface area contributed by atoms with Crippen molar-refractivity contribution in [1.29, 1.82) is 0 Å². The molecule has 0 bridgehead atoms. The van der Waals surface area contributed by atoms with Gasteiger partial charge in [-0.1, -0.05) is 37.2 Å². The van der Waals surface area contributed by atoms with Crippen LogP contribution in [-0.2, 0) is 20.7 Å². The second-order valence-corrected chi connectivity index (χ2v) is 7.81. The summed E-state index contributed by atoms with van der Waals surface area (Å²) in [6.45, 7) is 3.82. The summed E-state index contributed by atoms with van der Waals surface area (Å²) in [5, 5.41) is 13.6. The third-order valence-corrected chi connectivity index (χ3v) is 5.37. The van der Waals surface area contributed by atoms with Crippen LogP contribution < -0.4 is 10.6 Å². The lowest BCUT2D eigenvalue weighted by Gasteiger charge is -2.26. The first-order valence-electron chi connectivity index (χ1n) is 9.33. The van der Waals surface area contributed by atoms with Crippen molar-refractivity contribution in [2.24, 2.45) is 11.3 Å². The van der Waals surface area contributed by atoms with Gasteiger partial charge >= 0.3 is 18.2 Å². The van der Waals surface area contributed by atoms with Crippen LogP contribution >= 0.6 is 11.6 Å². The standard InChI is InChI=1S/C20H22ClF3N2O5/c1-3-8-31-18(30)26-15(11(2)20(22,23)24)16(27)25-14-9-12(4-5-13(14)21)10-19(6-7-19)17(28)29/h3-5,9,11,15H,1,6-8,10H2,2H3,(H,25,27)(H,26,30)(H,28,29)/t11-,15+/m1/s1. The van der Waals surface area contributed by atoms with E-state index in [9.17, 15) is 32.7 Å². The minimum atomic E-state index is -4.78. The Bertz CT molecular complexity index is 871. The van der Waals surface area contributed by atoms with E-state index < -0.39 is 41.5 Å². The molecule has 1 aliphatic carbocycles. The zero-order valence-corrected chi connectivity index (χ0v) is 17.3. The molecule has 0 spiro atoms. The topological polar surface area (TPSA) is 105 Å². The van der Waals surface area contributed by atoms with Gasteiger partial charge < -0.3 is 20.5 Å². The molecular formula is C20H22ClF3N2O5. The van der Waals surface area contributed by atoms with Crippen LogP contribution in [0, 0.1) is 11.3 Å². The number of carboxylic acids is 1. The predicted octanol–water partition coefficient (Wildman–Crippen LogP) is 4.17. The summed E-state index contributed by atoms with van der Waals surface area (Å²) in [6, 6.07) is 2.42. The van der Waals surface area contributed by atoms with E-state index in [2.05, 4.69) is 16.6 Å². The molecule has 7 nitrogen and oxygen atoms in total. The average Bonchev–Trinajstić information content (AvgIpc) is 3.46. The van der Waals surface area contributed by atoms with Gasteiger partial charge in [-0.05, 0) is 37.0 Å². The normalized spacial score (nSPS) is 16.5. The highest BCUT2D eigenvalue weighted by molar-refractivity contribution is 6.33. The van der Waals surface area contributed by atoms with Gasteiger partial charge in [0.1, 0.15) is 12.6 Å². The summed E-state index contributed by atoms with van der Waals surface area (Å²) in [4.78, 5) is 35.8. The monoisotopic (exact) mass is 462 g/mol. The van der Waals surface area contributed by atoms with Gasteiger partial charge in [-0.25, -0.2) is 4.79 Å². The average molecular weight is 463 g/mol. The van der Waals surface area contributed by atoms with Gasteiger partial charge in [0.05, 0.1) is 22.0 Å².